The van der Waals surface area contributed by atoms with Crippen molar-refractivity contribution in [1.29, 1.82) is 0 Å². The maximum Gasteiger partial charge on any atom is 0.169 e. The van der Waals surface area contributed by atoms with Crippen molar-refractivity contribution in [3.8, 4) is 21.7 Å². The molecule has 3 unspecified atom stereocenters. The van der Waals surface area contributed by atoms with Gasteiger partial charge in [0.15, 0.2) is 6.17 Å². The topological polar surface area (TPSA) is 49.6 Å². The van der Waals surface area contributed by atoms with Crippen LogP contribution in [0.4, 0.5) is 0 Å². The van der Waals surface area contributed by atoms with Gasteiger partial charge in [0, 0.05) is 28.5 Å². The molecule has 9 rings (SSSR count). The van der Waals surface area contributed by atoms with Crippen molar-refractivity contribution in [3.63, 3.8) is 0 Å². The highest BCUT2D eigenvalue weighted by molar-refractivity contribution is 7.22. The molecule has 0 amide bonds. The fourth-order valence-corrected chi connectivity index (χ4v) is 8.06. The van der Waals surface area contributed by atoms with Gasteiger partial charge in [0.05, 0.1) is 10.2 Å². The molecule has 3 aliphatic rings. The lowest BCUT2D eigenvalue weighted by Gasteiger charge is -2.34. The molecule has 0 radical (unpaired) electrons. The van der Waals surface area contributed by atoms with Crippen LogP contribution in [0, 0.1) is 11.8 Å². The monoisotopic (exact) mass is 648 g/mol. The number of nitrogens with one attached hydrogen (secondary N) is 1. The van der Waals surface area contributed by atoms with Gasteiger partial charge in [-0.25, -0.2) is 15.0 Å². The minimum atomic E-state index is -0.369. The third-order valence-electron chi connectivity index (χ3n) is 9.42. The molecule has 0 saturated heterocycles. The summed E-state index contributed by atoms with van der Waals surface area (Å²) in [7, 11) is 0. The minimum absolute atomic E-state index is 0.115. The van der Waals surface area contributed by atoms with Crippen molar-refractivity contribution in [1.82, 2.24) is 10.3 Å². The Morgan fingerprint density at radius 1 is 0.510 bits per heavy atom. The molecule has 234 valence electrons. The van der Waals surface area contributed by atoms with Crippen molar-refractivity contribution in [2.24, 2.45) is 21.8 Å². The van der Waals surface area contributed by atoms with Crippen LogP contribution in [-0.2, 0) is 0 Å². The summed E-state index contributed by atoms with van der Waals surface area (Å²) < 4.78 is 1.22. The molecule has 5 aromatic carbocycles. The maximum absolute atomic E-state index is 5.28. The van der Waals surface area contributed by atoms with E-state index in [2.05, 4.69) is 157 Å². The zero-order valence-electron chi connectivity index (χ0n) is 26.6. The van der Waals surface area contributed by atoms with Crippen LogP contribution in [-0.4, -0.2) is 16.7 Å². The molecule has 1 aliphatic heterocycles. The molecule has 4 nitrogen and oxygen atoms in total. The lowest BCUT2D eigenvalue weighted by molar-refractivity contribution is 0.652. The van der Waals surface area contributed by atoms with Crippen LogP contribution >= 0.6 is 11.3 Å². The smallest absolute Gasteiger partial charge is 0.169 e. The van der Waals surface area contributed by atoms with Crippen molar-refractivity contribution >= 4 is 38.8 Å². The van der Waals surface area contributed by atoms with Crippen LogP contribution in [0.15, 0.2) is 185 Å². The SMILES string of the molecule is C1=CC2C(C3=NC(c4ccc(-c5ccccc5)cc4)N=C(c4ccccc4)N3)=CC=C(c3cccc4nc(-c5ccccc5)sc34)C2C=C1. The average molecular weight is 649 g/mol. The number of hydrogen-bond donors (Lipinski definition) is 1. The Balaban J connectivity index is 1.12. The van der Waals surface area contributed by atoms with Gasteiger partial charge < -0.3 is 5.32 Å². The molecule has 3 atom stereocenters. The first-order valence-electron chi connectivity index (χ1n) is 16.6. The zero-order valence-corrected chi connectivity index (χ0v) is 27.5. The molecule has 49 heavy (non-hydrogen) atoms. The summed E-state index contributed by atoms with van der Waals surface area (Å²) in [5.74, 6) is 1.96. The molecule has 2 heterocycles. The third kappa shape index (κ3) is 5.58. The highest BCUT2D eigenvalue weighted by atomic mass is 32.1. The second-order valence-electron chi connectivity index (χ2n) is 12.4. The predicted molar refractivity (Wildman–Crippen MR) is 205 cm³/mol. The lowest BCUT2D eigenvalue weighted by atomic mass is 9.72. The van der Waals surface area contributed by atoms with Gasteiger partial charge in [-0.2, -0.15) is 0 Å². The number of nitrogens with zero attached hydrogens (tertiary/aromatic N) is 3. The van der Waals surface area contributed by atoms with Gasteiger partial charge in [-0.05, 0) is 33.9 Å². The fraction of sp³-hybridized carbons (Fsp3) is 0.0682. The Kier molecular flexibility index (Phi) is 7.52. The van der Waals surface area contributed by atoms with E-state index in [1.165, 1.54) is 27.0 Å². The molecule has 1 N–H and O–H groups in total. The normalized spacial score (nSPS) is 19.7. The maximum atomic E-state index is 5.28. The van der Waals surface area contributed by atoms with Crippen LogP contribution < -0.4 is 5.32 Å². The van der Waals surface area contributed by atoms with Crippen LogP contribution in [0.25, 0.3) is 37.5 Å². The predicted octanol–water partition coefficient (Wildman–Crippen LogP) is 10.5. The van der Waals surface area contributed by atoms with Gasteiger partial charge in [0.1, 0.15) is 16.7 Å². The van der Waals surface area contributed by atoms with Crippen LogP contribution in [0.1, 0.15) is 22.9 Å². The number of benzene rings is 5. The molecular formula is C44H32N4S. The summed E-state index contributed by atoms with van der Waals surface area (Å²) in [4.78, 5) is 15.4. The number of allylic oxidation sites excluding steroid dienone is 7. The second kappa shape index (κ2) is 12.6. The number of aliphatic imine (C=N–C) groups is 2. The van der Waals surface area contributed by atoms with Gasteiger partial charge in [-0.3, -0.25) is 0 Å². The van der Waals surface area contributed by atoms with E-state index in [0.717, 1.165) is 44.5 Å². The van der Waals surface area contributed by atoms with Crippen molar-refractivity contribution < 1.29 is 0 Å². The standard InChI is InChI=1S/C44H32N4S/c1-4-13-29(14-5-1)30-23-25-32(26-24-30)42-46-41(31-15-6-2-7-16-31)47-43(48-42)38-28-27-36(34-19-10-11-20-35(34)38)37-21-12-22-39-40(37)49-44(45-39)33-17-8-3-9-18-33/h1-28,34-35,42H,(H,46,47,48). The third-order valence-corrected chi connectivity index (χ3v) is 10.6. The van der Waals surface area contributed by atoms with Crippen molar-refractivity contribution in [2.45, 2.75) is 6.17 Å². The molecule has 0 saturated carbocycles. The highest BCUT2D eigenvalue weighted by Crippen LogP contribution is 2.45. The number of thiazole rings is 1. The molecule has 0 fully saturated rings. The lowest BCUT2D eigenvalue weighted by Crippen LogP contribution is -2.39. The Hall–Kier alpha value is -5.91. The number of amidine groups is 2. The molecule has 5 heteroatoms. The second-order valence-corrected chi connectivity index (χ2v) is 13.4. The van der Waals surface area contributed by atoms with Gasteiger partial charge in [0.25, 0.3) is 0 Å². The summed E-state index contributed by atoms with van der Waals surface area (Å²) in [6.07, 6.45) is 13.2. The van der Waals surface area contributed by atoms with Gasteiger partial charge in [0.2, 0.25) is 0 Å². The van der Waals surface area contributed by atoms with E-state index in [4.69, 9.17) is 15.0 Å². The van der Waals surface area contributed by atoms with Gasteiger partial charge in [-0.1, -0.05) is 164 Å². The summed E-state index contributed by atoms with van der Waals surface area (Å²) in [5.41, 5.74) is 10.3. The van der Waals surface area contributed by atoms with Crippen molar-refractivity contribution in [3.05, 3.63) is 192 Å². The molecule has 1 aromatic heterocycles. The van der Waals surface area contributed by atoms with E-state index in [1.807, 2.05) is 18.2 Å². The number of rotatable bonds is 6. The van der Waals surface area contributed by atoms with Crippen LogP contribution in [0.3, 0.4) is 0 Å². The van der Waals surface area contributed by atoms with E-state index in [9.17, 15) is 0 Å². The number of aromatic nitrogens is 1. The van der Waals surface area contributed by atoms with E-state index in [1.54, 1.807) is 11.3 Å². The highest BCUT2D eigenvalue weighted by Gasteiger charge is 2.34. The van der Waals surface area contributed by atoms with E-state index in [0.29, 0.717) is 0 Å². The fourth-order valence-electron chi connectivity index (χ4n) is 6.96. The molecular weight excluding hydrogens is 617 g/mol. The first-order valence-corrected chi connectivity index (χ1v) is 17.5. The van der Waals surface area contributed by atoms with Crippen LogP contribution in [0.5, 0.6) is 0 Å². The first kappa shape index (κ1) is 29.2. The van der Waals surface area contributed by atoms with E-state index >= 15 is 0 Å². The summed E-state index contributed by atoms with van der Waals surface area (Å²) in [5, 5.41) is 4.70. The van der Waals surface area contributed by atoms with E-state index < -0.39 is 0 Å². The number of fused-ring (bicyclic) bond motifs is 2. The van der Waals surface area contributed by atoms with Crippen LogP contribution in [0.2, 0.25) is 0 Å². The number of hydrogen-bond acceptors (Lipinski definition) is 5. The Morgan fingerprint density at radius 2 is 1.10 bits per heavy atom. The van der Waals surface area contributed by atoms with Gasteiger partial charge >= 0.3 is 0 Å². The Labute approximate surface area is 290 Å². The van der Waals surface area contributed by atoms with E-state index in [-0.39, 0.29) is 18.0 Å². The van der Waals surface area contributed by atoms with Crippen molar-refractivity contribution in [2.75, 3.05) is 0 Å². The molecule has 0 bridgehead atoms. The molecule has 0 spiro atoms. The summed E-state index contributed by atoms with van der Waals surface area (Å²) in [6, 6.07) is 46.4. The Bertz CT molecular complexity index is 2340. The summed E-state index contributed by atoms with van der Waals surface area (Å²) >= 11 is 1.77. The zero-order chi connectivity index (χ0) is 32.6. The molecule has 6 aromatic rings. The first-order chi connectivity index (χ1) is 24.3. The Morgan fingerprint density at radius 3 is 1.82 bits per heavy atom. The largest absolute Gasteiger partial charge is 0.325 e. The average Bonchev–Trinajstić information content (AvgIpc) is 3.64. The summed E-state index contributed by atoms with van der Waals surface area (Å²) in [6.45, 7) is 0. The quantitative estimate of drug-likeness (QED) is 0.195. The molecule has 2 aliphatic carbocycles. The minimum Gasteiger partial charge on any atom is -0.325 e. The van der Waals surface area contributed by atoms with Gasteiger partial charge in [-0.15, -0.1) is 11.3 Å².